The number of halogens is 4. The molecule has 0 aliphatic carbocycles. The number of sulfone groups is 1. The molecule has 3 aromatic rings. The zero-order valence-corrected chi connectivity index (χ0v) is 14.2. The van der Waals surface area contributed by atoms with Crippen LogP contribution < -0.4 is 0 Å². The average Bonchev–Trinajstić information content (AvgIpc) is 2.98. The zero-order chi connectivity index (χ0) is 18.4. The molecule has 6 nitrogen and oxygen atoms in total. The monoisotopic (exact) mass is 390 g/mol. The highest BCUT2D eigenvalue weighted by Gasteiger charge is 2.34. The lowest BCUT2D eigenvalue weighted by Crippen LogP contribution is -2.08. The molecule has 0 bridgehead atoms. The van der Waals surface area contributed by atoms with Crippen LogP contribution in [0.2, 0.25) is 5.15 Å². The van der Waals surface area contributed by atoms with E-state index in [9.17, 15) is 21.6 Å². The maximum atomic E-state index is 12.8. The Hall–Kier alpha value is -2.20. The maximum Gasteiger partial charge on any atom is 0.435 e. The molecule has 3 aromatic heterocycles. The Morgan fingerprint density at radius 1 is 1.20 bits per heavy atom. The minimum absolute atomic E-state index is 0.0217. The van der Waals surface area contributed by atoms with Gasteiger partial charge < -0.3 is 0 Å². The highest BCUT2D eigenvalue weighted by molar-refractivity contribution is 7.91. The largest absolute Gasteiger partial charge is 0.435 e. The molecule has 0 aliphatic rings. The van der Waals surface area contributed by atoms with Gasteiger partial charge in [-0.15, -0.1) is 0 Å². The fourth-order valence-corrected chi connectivity index (χ4v) is 3.34. The SMILES string of the molecule is CCS(=O)(=O)c1ccc(Cl)nc1-c1ccn2nc(C(F)(F)F)cc2n1. The van der Waals surface area contributed by atoms with Crippen LogP contribution in [0.1, 0.15) is 12.6 Å². The number of aromatic nitrogens is 4. The summed E-state index contributed by atoms with van der Waals surface area (Å²) in [5.74, 6) is -0.170. The molecule has 0 saturated carbocycles. The quantitative estimate of drug-likeness (QED) is 0.641. The van der Waals surface area contributed by atoms with Crippen molar-refractivity contribution in [3.8, 4) is 11.4 Å². The van der Waals surface area contributed by atoms with Crippen molar-refractivity contribution >= 4 is 27.1 Å². The molecule has 132 valence electrons. The summed E-state index contributed by atoms with van der Waals surface area (Å²) in [6.07, 6.45) is -3.36. The number of fused-ring (bicyclic) bond motifs is 1. The highest BCUT2D eigenvalue weighted by atomic mass is 35.5. The summed E-state index contributed by atoms with van der Waals surface area (Å²) >= 11 is 5.84. The molecular weight excluding hydrogens is 381 g/mol. The van der Waals surface area contributed by atoms with Gasteiger partial charge in [-0.05, 0) is 18.2 Å². The molecule has 0 saturated heterocycles. The molecule has 0 spiro atoms. The van der Waals surface area contributed by atoms with Crippen molar-refractivity contribution in [1.29, 1.82) is 0 Å². The Morgan fingerprint density at radius 2 is 1.92 bits per heavy atom. The van der Waals surface area contributed by atoms with Crippen LogP contribution in [0, 0.1) is 0 Å². The molecule has 0 amide bonds. The fraction of sp³-hybridized carbons (Fsp3) is 0.214. The van der Waals surface area contributed by atoms with Crippen LogP contribution in [0.3, 0.4) is 0 Å². The third kappa shape index (κ3) is 3.31. The van der Waals surface area contributed by atoms with Crippen molar-refractivity contribution in [2.75, 3.05) is 5.75 Å². The van der Waals surface area contributed by atoms with Crippen LogP contribution in [0.25, 0.3) is 17.0 Å². The van der Waals surface area contributed by atoms with E-state index in [-0.39, 0.29) is 32.8 Å². The molecule has 3 rings (SSSR count). The minimum atomic E-state index is -4.61. The van der Waals surface area contributed by atoms with E-state index in [1.54, 1.807) is 0 Å². The van der Waals surface area contributed by atoms with E-state index in [2.05, 4.69) is 15.1 Å². The van der Waals surface area contributed by atoms with Crippen molar-refractivity contribution in [1.82, 2.24) is 19.6 Å². The zero-order valence-electron chi connectivity index (χ0n) is 12.6. The minimum Gasteiger partial charge on any atom is -0.233 e. The lowest BCUT2D eigenvalue weighted by atomic mass is 10.2. The van der Waals surface area contributed by atoms with Crippen molar-refractivity contribution in [2.24, 2.45) is 0 Å². The first-order valence-corrected chi connectivity index (χ1v) is 8.98. The Bertz CT molecular complexity index is 1060. The van der Waals surface area contributed by atoms with Gasteiger partial charge in [0.1, 0.15) is 10.8 Å². The average molecular weight is 391 g/mol. The molecule has 0 radical (unpaired) electrons. The topological polar surface area (TPSA) is 77.2 Å². The summed E-state index contributed by atoms with van der Waals surface area (Å²) < 4.78 is 63.7. The van der Waals surface area contributed by atoms with E-state index in [4.69, 9.17) is 11.6 Å². The van der Waals surface area contributed by atoms with E-state index < -0.39 is 21.7 Å². The first-order chi connectivity index (χ1) is 11.6. The van der Waals surface area contributed by atoms with Crippen molar-refractivity contribution in [2.45, 2.75) is 18.0 Å². The third-order valence-corrected chi connectivity index (χ3v) is 5.37. The highest BCUT2D eigenvalue weighted by Crippen LogP contribution is 2.30. The van der Waals surface area contributed by atoms with Gasteiger partial charge in [-0.2, -0.15) is 18.3 Å². The molecule has 0 aliphatic heterocycles. The summed E-state index contributed by atoms with van der Waals surface area (Å²) in [4.78, 5) is 7.95. The molecule has 0 N–H and O–H groups in total. The Morgan fingerprint density at radius 3 is 2.56 bits per heavy atom. The Labute approximate surface area is 145 Å². The summed E-state index contributed by atoms with van der Waals surface area (Å²) in [5, 5.41) is 3.43. The lowest BCUT2D eigenvalue weighted by molar-refractivity contribution is -0.141. The van der Waals surface area contributed by atoms with E-state index in [0.29, 0.717) is 0 Å². The normalized spacial score (nSPS) is 12.7. The molecule has 0 unspecified atom stereocenters. The van der Waals surface area contributed by atoms with Gasteiger partial charge in [0.2, 0.25) is 0 Å². The second-order valence-corrected chi connectivity index (χ2v) is 7.66. The van der Waals surface area contributed by atoms with Gasteiger partial charge in [0.25, 0.3) is 0 Å². The van der Waals surface area contributed by atoms with Crippen LogP contribution in [0.15, 0.2) is 35.4 Å². The standard InChI is InChI=1S/C14H10ClF3N4O2S/c1-2-25(23,24)9-3-4-11(15)20-13(9)8-5-6-22-12(19-8)7-10(21-22)14(16,17)18/h3-7H,2H2,1H3. The predicted molar refractivity (Wildman–Crippen MR) is 84.0 cm³/mol. The van der Waals surface area contributed by atoms with Crippen LogP contribution >= 0.6 is 11.6 Å². The van der Waals surface area contributed by atoms with E-state index in [1.807, 2.05) is 0 Å². The van der Waals surface area contributed by atoms with Crippen molar-refractivity contribution in [3.05, 3.63) is 41.3 Å². The summed E-state index contributed by atoms with van der Waals surface area (Å²) in [5.41, 5.74) is -1.13. The van der Waals surface area contributed by atoms with Crippen LogP contribution in [0.4, 0.5) is 13.2 Å². The van der Waals surface area contributed by atoms with Gasteiger partial charge in [-0.25, -0.2) is 22.9 Å². The second-order valence-electron chi connectivity index (χ2n) is 5.03. The molecule has 25 heavy (non-hydrogen) atoms. The second kappa shape index (κ2) is 5.95. The predicted octanol–water partition coefficient (Wildman–Crippen LogP) is 3.26. The molecule has 0 atom stereocenters. The maximum absolute atomic E-state index is 12.8. The Balaban J connectivity index is 2.22. The first-order valence-electron chi connectivity index (χ1n) is 6.95. The van der Waals surface area contributed by atoms with Gasteiger partial charge in [-0.3, -0.25) is 0 Å². The molecule has 0 aromatic carbocycles. The Kier molecular flexibility index (Phi) is 4.20. The molecule has 0 fully saturated rings. The molecule has 11 heteroatoms. The van der Waals surface area contributed by atoms with Gasteiger partial charge >= 0.3 is 6.18 Å². The van der Waals surface area contributed by atoms with E-state index in [0.717, 1.165) is 10.6 Å². The van der Waals surface area contributed by atoms with Gasteiger partial charge in [0.05, 0.1) is 16.3 Å². The van der Waals surface area contributed by atoms with Crippen LogP contribution in [0.5, 0.6) is 0 Å². The summed E-state index contributed by atoms with van der Waals surface area (Å²) in [7, 11) is -3.63. The fourth-order valence-electron chi connectivity index (χ4n) is 2.16. The summed E-state index contributed by atoms with van der Waals surface area (Å²) in [6, 6.07) is 4.72. The third-order valence-electron chi connectivity index (χ3n) is 3.40. The number of rotatable bonds is 3. The van der Waals surface area contributed by atoms with Crippen LogP contribution in [-0.2, 0) is 16.0 Å². The smallest absolute Gasteiger partial charge is 0.233 e. The number of hydrogen-bond acceptors (Lipinski definition) is 5. The number of pyridine rings is 1. The summed E-state index contributed by atoms with van der Waals surface area (Å²) in [6.45, 7) is 1.47. The number of hydrogen-bond donors (Lipinski definition) is 0. The number of alkyl halides is 3. The first kappa shape index (κ1) is 17.6. The van der Waals surface area contributed by atoms with Crippen molar-refractivity contribution in [3.63, 3.8) is 0 Å². The van der Waals surface area contributed by atoms with Gasteiger partial charge in [-0.1, -0.05) is 18.5 Å². The van der Waals surface area contributed by atoms with E-state index in [1.165, 1.54) is 31.3 Å². The van der Waals surface area contributed by atoms with Gasteiger partial charge in [0.15, 0.2) is 21.2 Å². The number of nitrogens with zero attached hydrogens (tertiary/aromatic N) is 4. The lowest BCUT2D eigenvalue weighted by Gasteiger charge is -2.08. The van der Waals surface area contributed by atoms with Crippen LogP contribution in [-0.4, -0.2) is 33.8 Å². The van der Waals surface area contributed by atoms with E-state index >= 15 is 0 Å². The van der Waals surface area contributed by atoms with Gasteiger partial charge in [0, 0.05) is 12.3 Å². The molecule has 3 heterocycles. The van der Waals surface area contributed by atoms with Crippen molar-refractivity contribution < 1.29 is 21.6 Å². The molecular formula is C14H10ClF3N4O2S.